The topological polar surface area (TPSA) is 104 Å². The Kier molecular flexibility index (Phi) is 8.61. The van der Waals surface area contributed by atoms with Crippen molar-refractivity contribution in [3.63, 3.8) is 0 Å². The number of aromatic nitrogens is 1. The highest BCUT2D eigenvalue weighted by molar-refractivity contribution is 5.97. The number of carbonyl (C=O) groups excluding carboxylic acids is 4. The number of cyclic esters (lactones) is 1. The Labute approximate surface area is 234 Å². The summed E-state index contributed by atoms with van der Waals surface area (Å²) in [4.78, 5) is 53.6. The number of nitrogens with zero attached hydrogens (tertiary/aromatic N) is 2. The first kappa shape index (κ1) is 28.9. The lowest BCUT2D eigenvalue weighted by Crippen LogP contribution is -2.45. The molecule has 0 spiro atoms. The van der Waals surface area contributed by atoms with Crippen LogP contribution in [0.3, 0.4) is 0 Å². The molecular formula is C31H36N2O7. The molecule has 1 aromatic heterocycles. The number of carbonyl (C=O) groups is 4. The second-order valence-corrected chi connectivity index (χ2v) is 11.4. The van der Waals surface area contributed by atoms with Crippen LogP contribution < -0.4 is 0 Å². The van der Waals surface area contributed by atoms with Crippen LogP contribution in [0.25, 0.3) is 10.9 Å². The van der Waals surface area contributed by atoms with Gasteiger partial charge in [-0.05, 0) is 50.3 Å². The van der Waals surface area contributed by atoms with Gasteiger partial charge in [0.25, 0.3) is 0 Å². The van der Waals surface area contributed by atoms with Gasteiger partial charge in [-0.3, -0.25) is 14.2 Å². The van der Waals surface area contributed by atoms with Crippen LogP contribution in [-0.4, -0.2) is 51.8 Å². The minimum absolute atomic E-state index is 0.0323. The maximum absolute atomic E-state index is 13.9. The smallest absolute Gasteiger partial charge is 0.419 e. The van der Waals surface area contributed by atoms with Crippen LogP contribution in [0.2, 0.25) is 0 Å². The molecular weight excluding hydrogens is 512 g/mol. The average Bonchev–Trinajstić information content (AvgIpc) is 3.47. The third kappa shape index (κ3) is 6.70. The van der Waals surface area contributed by atoms with Crippen LogP contribution in [0.4, 0.5) is 9.59 Å². The van der Waals surface area contributed by atoms with Crippen molar-refractivity contribution < 1.29 is 33.4 Å². The Morgan fingerprint density at radius 3 is 2.38 bits per heavy atom. The summed E-state index contributed by atoms with van der Waals surface area (Å²) in [5.74, 6) is -2.03. The van der Waals surface area contributed by atoms with Crippen molar-refractivity contribution in [2.24, 2.45) is 11.8 Å². The van der Waals surface area contributed by atoms with Gasteiger partial charge in [0.2, 0.25) is 5.91 Å². The molecule has 0 radical (unpaired) electrons. The third-order valence-corrected chi connectivity index (χ3v) is 6.77. The van der Waals surface area contributed by atoms with Crippen molar-refractivity contribution in [1.29, 1.82) is 0 Å². The minimum atomic E-state index is -0.923. The van der Waals surface area contributed by atoms with Crippen LogP contribution in [0, 0.1) is 11.8 Å². The lowest BCUT2D eigenvalue weighted by atomic mass is 9.93. The number of benzene rings is 2. The fraction of sp³-hybridized carbons (Fsp3) is 0.419. The maximum atomic E-state index is 13.9. The number of rotatable bonds is 8. The summed E-state index contributed by atoms with van der Waals surface area (Å²) in [6.45, 7) is 9.34. The van der Waals surface area contributed by atoms with Gasteiger partial charge >= 0.3 is 18.2 Å². The van der Waals surface area contributed by atoms with E-state index >= 15 is 0 Å². The number of amides is 2. The van der Waals surface area contributed by atoms with Crippen molar-refractivity contribution >= 4 is 35.0 Å². The van der Waals surface area contributed by atoms with Crippen LogP contribution >= 0.6 is 0 Å². The summed E-state index contributed by atoms with van der Waals surface area (Å²) in [5, 5.41) is 0.744. The summed E-state index contributed by atoms with van der Waals surface area (Å²) in [6, 6.07) is 16.1. The second-order valence-electron chi connectivity index (χ2n) is 11.4. The summed E-state index contributed by atoms with van der Waals surface area (Å²) < 4.78 is 17.7. The van der Waals surface area contributed by atoms with Crippen molar-refractivity contribution in [3.8, 4) is 0 Å². The zero-order chi connectivity index (χ0) is 29.0. The Morgan fingerprint density at radius 2 is 1.70 bits per heavy atom. The highest BCUT2D eigenvalue weighted by atomic mass is 16.6. The molecule has 3 aromatic rings. The molecule has 212 valence electrons. The normalized spacial score (nSPS) is 16.2. The highest BCUT2D eigenvalue weighted by Crippen LogP contribution is 2.29. The highest BCUT2D eigenvalue weighted by Gasteiger charge is 2.43. The third-order valence-electron chi connectivity index (χ3n) is 6.77. The zero-order valence-electron chi connectivity index (χ0n) is 23.6. The van der Waals surface area contributed by atoms with Gasteiger partial charge in [-0.2, -0.15) is 0 Å². The number of hydrogen-bond donors (Lipinski definition) is 0. The van der Waals surface area contributed by atoms with E-state index in [0.717, 1.165) is 15.8 Å². The van der Waals surface area contributed by atoms with E-state index in [1.807, 2.05) is 62.4 Å². The molecule has 0 N–H and O–H groups in total. The first-order chi connectivity index (χ1) is 18.9. The van der Waals surface area contributed by atoms with E-state index in [1.165, 1.54) is 4.57 Å². The zero-order valence-corrected chi connectivity index (χ0v) is 23.6. The molecule has 2 atom stereocenters. The molecule has 40 heavy (non-hydrogen) atoms. The number of hydrogen-bond acceptors (Lipinski definition) is 7. The van der Waals surface area contributed by atoms with Crippen molar-refractivity contribution in [3.05, 3.63) is 71.9 Å². The molecule has 9 nitrogen and oxygen atoms in total. The van der Waals surface area contributed by atoms with Crippen molar-refractivity contribution in [2.45, 2.75) is 65.7 Å². The van der Waals surface area contributed by atoms with E-state index in [4.69, 9.17) is 14.2 Å². The van der Waals surface area contributed by atoms with Gasteiger partial charge in [-0.25, -0.2) is 14.5 Å². The van der Waals surface area contributed by atoms with E-state index in [9.17, 15) is 19.2 Å². The standard InChI is InChI=1S/C31H36N2O7/c1-20(2)26-19-39-30(37)33(26)28(35)22(16-27(34)38-18-21-11-7-6-8-12-21)15-23-17-32(29(36)40-31(3,4)5)25-14-10-9-13-24(23)25/h6-14,17,20,22,26H,15-16,18-19H2,1-5H3/t22-,26-/m1/s1. The fourth-order valence-electron chi connectivity index (χ4n) is 4.76. The van der Waals surface area contributed by atoms with Crippen LogP contribution in [0.5, 0.6) is 0 Å². The molecule has 1 aliphatic heterocycles. The van der Waals surface area contributed by atoms with Crippen molar-refractivity contribution in [2.75, 3.05) is 6.61 Å². The van der Waals surface area contributed by atoms with Gasteiger partial charge in [0.1, 0.15) is 18.8 Å². The Morgan fingerprint density at radius 1 is 1.02 bits per heavy atom. The van der Waals surface area contributed by atoms with E-state index < -0.39 is 41.6 Å². The summed E-state index contributed by atoms with van der Waals surface area (Å²) >= 11 is 0. The summed E-state index contributed by atoms with van der Waals surface area (Å²) in [7, 11) is 0. The van der Waals surface area contributed by atoms with E-state index in [0.29, 0.717) is 11.1 Å². The van der Waals surface area contributed by atoms with Gasteiger partial charge in [-0.1, -0.05) is 62.4 Å². The van der Waals surface area contributed by atoms with Gasteiger partial charge in [0.05, 0.1) is 23.9 Å². The van der Waals surface area contributed by atoms with Gasteiger partial charge in [0.15, 0.2) is 0 Å². The predicted molar refractivity (Wildman–Crippen MR) is 148 cm³/mol. The quantitative estimate of drug-likeness (QED) is 0.262. The Bertz CT molecular complexity index is 1390. The second kappa shape index (κ2) is 11.9. The molecule has 2 aromatic carbocycles. The Balaban J connectivity index is 1.64. The molecule has 1 aliphatic rings. The Hall–Kier alpha value is -4.14. The number of esters is 1. The monoisotopic (exact) mass is 548 g/mol. The van der Waals surface area contributed by atoms with Crippen LogP contribution in [0.15, 0.2) is 60.8 Å². The number of fused-ring (bicyclic) bond motifs is 1. The molecule has 0 unspecified atom stereocenters. The number of imide groups is 1. The maximum Gasteiger partial charge on any atom is 0.419 e. The minimum Gasteiger partial charge on any atom is -0.461 e. The van der Waals surface area contributed by atoms with E-state index in [-0.39, 0.29) is 32.0 Å². The lowest BCUT2D eigenvalue weighted by Gasteiger charge is -2.26. The van der Waals surface area contributed by atoms with Crippen molar-refractivity contribution in [1.82, 2.24) is 9.47 Å². The molecule has 1 fully saturated rings. The molecule has 2 heterocycles. The molecule has 0 aliphatic carbocycles. The van der Waals surface area contributed by atoms with Crippen LogP contribution in [-0.2, 0) is 36.8 Å². The van der Waals surface area contributed by atoms with Gasteiger partial charge in [-0.15, -0.1) is 0 Å². The van der Waals surface area contributed by atoms with E-state index in [2.05, 4.69) is 0 Å². The summed E-state index contributed by atoms with van der Waals surface area (Å²) in [6.07, 6.45) is 0.220. The first-order valence-electron chi connectivity index (χ1n) is 13.5. The van der Waals surface area contributed by atoms with E-state index in [1.54, 1.807) is 33.0 Å². The van der Waals surface area contributed by atoms with Crippen LogP contribution in [0.1, 0.15) is 52.2 Å². The number of para-hydroxylation sites is 1. The predicted octanol–water partition coefficient (Wildman–Crippen LogP) is 5.72. The summed E-state index contributed by atoms with van der Waals surface area (Å²) in [5.41, 5.74) is 1.41. The fourth-order valence-corrected chi connectivity index (χ4v) is 4.76. The first-order valence-corrected chi connectivity index (χ1v) is 13.5. The average molecular weight is 549 g/mol. The van der Waals surface area contributed by atoms with Gasteiger partial charge < -0.3 is 14.2 Å². The molecule has 2 amide bonds. The SMILES string of the molecule is CC(C)[C@H]1COC(=O)N1C(=O)[C@@H](CC(=O)OCc1ccccc1)Cc1cn(C(=O)OC(C)(C)C)c2ccccc12. The molecule has 0 bridgehead atoms. The molecule has 9 heteroatoms. The number of ether oxygens (including phenoxy) is 3. The lowest BCUT2D eigenvalue weighted by molar-refractivity contribution is -0.149. The van der Waals surface area contributed by atoms with Gasteiger partial charge in [0, 0.05) is 11.6 Å². The molecule has 4 rings (SSSR count). The molecule has 0 saturated carbocycles. The largest absolute Gasteiger partial charge is 0.461 e. The molecule has 1 saturated heterocycles.